The van der Waals surface area contributed by atoms with Crippen molar-refractivity contribution < 1.29 is 14.3 Å². The lowest BCUT2D eigenvalue weighted by Gasteiger charge is -2.22. The first kappa shape index (κ1) is 21.8. The highest BCUT2D eigenvalue weighted by Gasteiger charge is 2.27. The Hall–Kier alpha value is -3.45. The van der Waals surface area contributed by atoms with E-state index < -0.39 is 0 Å². The smallest absolute Gasteiger partial charge is 0.262 e. The van der Waals surface area contributed by atoms with Crippen molar-refractivity contribution in [2.75, 3.05) is 23.4 Å². The van der Waals surface area contributed by atoms with Gasteiger partial charge in [0.15, 0.2) is 6.61 Å². The summed E-state index contributed by atoms with van der Waals surface area (Å²) in [5, 5.41) is 3.25. The number of pyridine rings is 2. The Labute approximate surface area is 191 Å². The number of halogens is 1. The van der Waals surface area contributed by atoms with Gasteiger partial charge in [0.2, 0.25) is 5.91 Å². The zero-order valence-electron chi connectivity index (χ0n) is 17.6. The monoisotopic (exact) mass is 450 g/mol. The van der Waals surface area contributed by atoms with Gasteiger partial charge in [-0.1, -0.05) is 17.7 Å². The number of hydrogen-bond donors (Lipinski definition) is 1. The van der Waals surface area contributed by atoms with Gasteiger partial charge in [-0.2, -0.15) is 0 Å². The maximum Gasteiger partial charge on any atom is 0.262 e. The molecule has 0 saturated heterocycles. The van der Waals surface area contributed by atoms with Crippen molar-refractivity contribution in [1.29, 1.82) is 0 Å². The summed E-state index contributed by atoms with van der Waals surface area (Å²) in [6.45, 7) is 2.13. The summed E-state index contributed by atoms with van der Waals surface area (Å²) in [7, 11) is 0. The number of ether oxygens (including phenoxy) is 1. The topological polar surface area (TPSA) is 84.4 Å². The third-order valence-corrected chi connectivity index (χ3v) is 5.41. The predicted octanol–water partition coefficient (Wildman–Crippen LogP) is 4.58. The molecule has 8 heteroatoms. The molecular weight excluding hydrogens is 428 g/mol. The molecule has 0 bridgehead atoms. The van der Waals surface area contributed by atoms with Crippen molar-refractivity contribution in [2.45, 2.75) is 19.8 Å². The number of hydrogen-bond acceptors (Lipinski definition) is 5. The Morgan fingerprint density at radius 3 is 2.66 bits per heavy atom. The van der Waals surface area contributed by atoms with Gasteiger partial charge in [-0.15, -0.1) is 0 Å². The lowest BCUT2D eigenvalue weighted by Crippen LogP contribution is -2.30. The Morgan fingerprint density at radius 1 is 1.19 bits per heavy atom. The molecule has 7 nitrogen and oxygen atoms in total. The number of anilines is 2. The van der Waals surface area contributed by atoms with Gasteiger partial charge in [-0.3, -0.25) is 19.6 Å². The minimum absolute atomic E-state index is 0.0164. The summed E-state index contributed by atoms with van der Waals surface area (Å²) >= 11 is 6.51. The van der Waals surface area contributed by atoms with Crippen LogP contribution in [0.25, 0.3) is 11.3 Å². The number of benzene rings is 1. The zero-order valence-corrected chi connectivity index (χ0v) is 18.4. The molecule has 0 atom stereocenters. The van der Waals surface area contributed by atoms with E-state index in [0.29, 0.717) is 40.3 Å². The highest BCUT2D eigenvalue weighted by atomic mass is 35.5. The van der Waals surface area contributed by atoms with Crippen LogP contribution in [-0.4, -0.2) is 34.9 Å². The van der Waals surface area contributed by atoms with E-state index >= 15 is 0 Å². The number of nitrogens with zero attached hydrogens (tertiary/aromatic N) is 3. The molecule has 3 aromatic rings. The molecule has 4 rings (SSSR count). The fraction of sp³-hybridized carbons (Fsp3) is 0.250. The third-order valence-electron chi connectivity index (χ3n) is 5.10. The minimum atomic E-state index is -0.296. The number of aromatic nitrogens is 2. The molecule has 0 spiro atoms. The minimum Gasteiger partial charge on any atom is -0.482 e. The second kappa shape index (κ2) is 9.78. The van der Waals surface area contributed by atoms with Crippen LogP contribution in [-0.2, 0) is 9.59 Å². The number of nitrogens with one attached hydrogen (secondary N) is 1. The highest BCUT2D eigenvalue weighted by molar-refractivity contribution is 6.34. The number of rotatable bonds is 8. The van der Waals surface area contributed by atoms with Crippen molar-refractivity contribution >= 4 is 34.8 Å². The van der Waals surface area contributed by atoms with Crippen LogP contribution in [0.15, 0.2) is 61.1 Å². The standard InChI is InChI=1S/C24H23ClN4O3/c1-16(30)29(14-17-4-5-17)23-9-6-18(11-21(23)25)22-8-7-19(12-27-22)28-24(31)15-32-20-3-2-10-26-13-20/h2-3,6-13,17H,4-5,14-15H2,1H3,(H,28,31). The number of carbonyl (C=O) groups is 2. The van der Waals surface area contributed by atoms with Crippen LogP contribution in [0.1, 0.15) is 19.8 Å². The summed E-state index contributed by atoms with van der Waals surface area (Å²) in [4.78, 5) is 34.3. The van der Waals surface area contributed by atoms with Crippen molar-refractivity contribution in [1.82, 2.24) is 9.97 Å². The first-order chi connectivity index (χ1) is 15.5. The van der Waals surface area contributed by atoms with Gasteiger partial charge in [-0.25, -0.2) is 0 Å². The summed E-state index contributed by atoms with van der Waals surface area (Å²) in [6.07, 6.45) is 7.06. The first-order valence-electron chi connectivity index (χ1n) is 10.4. The SMILES string of the molecule is CC(=O)N(CC1CC1)c1ccc(-c2ccc(NC(=O)COc3cccnc3)cn2)cc1Cl. The van der Waals surface area contributed by atoms with Gasteiger partial charge in [-0.05, 0) is 55.2 Å². The molecule has 2 amide bonds. The average molecular weight is 451 g/mol. The zero-order chi connectivity index (χ0) is 22.5. The summed E-state index contributed by atoms with van der Waals surface area (Å²) < 4.78 is 5.38. The Bertz CT molecular complexity index is 1100. The fourth-order valence-electron chi connectivity index (χ4n) is 3.26. The quantitative estimate of drug-likeness (QED) is 0.543. The second-order valence-corrected chi connectivity index (χ2v) is 8.10. The van der Waals surface area contributed by atoms with Crippen LogP contribution in [0.3, 0.4) is 0 Å². The Balaban J connectivity index is 1.39. The van der Waals surface area contributed by atoms with E-state index in [2.05, 4.69) is 15.3 Å². The van der Waals surface area contributed by atoms with E-state index in [0.717, 1.165) is 18.4 Å². The molecule has 0 aliphatic heterocycles. The van der Waals surface area contributed by atoms with Gasteiger partial charge < -0.3 is 15.0 Å². The molecule has 32 heavy (non-hydrogen) atoms. The van der Waals surface area contributed by atoms with Crippen LogP contribution in [0.2, 0.25) is 5.02 Å². The largest absolute Gasteiger partial charge is 0.482 e. The van der Waals surface area contributed by atoms with E-state index in [-0.39, 0.29) is 18.4 Å². The molecule has 0 unspecified atom stereocenters. The fourth-order valence-corrected chi connectivity index (χ4v) is 3.54. The molecular formula is C24H23ClN4O3. The molecule has 1 aliphatic rings. The molecule has 0 radical (unpaired) electrons. The van der Waals surface area contributed by atoms with Crippen LogP contribution >= 0.6 is 11.6 Å². The van der Waals surface area contributed by atoms with Crippen molar-refractivity contribution in [3.05, 3.63) is 66.1 Å². The summed E-state index contributed by atoms with van der Waals surface area (Å²) in [6, 6.07) is 12.6. The van der Waals surface area contributed by atoms with Crippen LogP contribution in [0, 0.1) is 5.92 Å². The summed E-state index contributed by atoms with van der Waals surface area (Å²) in [5.74, 6) is 0.777. The molecule has 1 N–H and O–H groups in total. The molecule has 1 aliphatic carbocycles. The van der Waals surface area contributed by atoms with Gasteiger partial charge in [0.05, 0.1) is 34.5 Å². The van der Waals surface area contributed by atoms with Gasteiger partial charge >= 0.3 is 0 Å². The Morgan fingerprint density at radius 2 is 2.03 bits per heavy atom. The third kappa shape index (κ3) is 5.62. The van der Waals surface area contributed by atoms with Crippen molar-refractivity contribution in [2.24, 2.45) is 5.92 Å². The van der Waals surface area contributed by atoms with E-state index in [9.17, 15) is 9.59 Å². The normalized spacial score (nSPS) is 12.8. The summed E-state index contributed by atoms with van der Waals surface area (Å²) in [5.41, 5.74) is 2.81. The van der Waals surface area contributed by atoms with E-state index in [1.807, 2.05) is 18.2 Å². The molecule has 164 valence electrons. The van der Waals surface area contributed by atoms with Crippen LogP contribution in [0.5, 0.6) is 5.75 Å². The second-order valence-electron chi connectivity index (χ2n) is 7.70. The number of amides is 2. The predicted molar refractivity (Wildman–Crippen MR) is 124 cm³/mol. The van der Waals surface area contributed by atoms with Gasteiger partial charge in [0.1, 0.15) is 5.75 Å². The number of carbonyl (C=O) groups excluding carboxylic acids is 2. The molecule has 2 heterocycles. The lowest BCUT2D eigenvalue weighted by atomic mass is 10.1. The maximum absolute atomic E-state index is 12.1. The molecule has 2 aromatic heterocycles. The highest BCUT2D eigenvalue weighted by Crippen LogP contribution is 2.35. The Kier molecular flexibility index (Phi) is 6.66. The maximum atomic E-state index is 12.1. The average Bonchev–Trinajstić information content (AvgIpc) is 3.62. The molecule has 1 saturated carbocycles. The first-order valence-corrected chi connectivity index (χ1v) is 10.7. The van der Waals surface area contributed by atoms with E-state index in [1.54, 1.807) is 54.7 Å². The van der Waals surface area contributed by atoms with E-state index in [1.165, 1.54) is 0 Å². The van der Waals surface area contributed by atoms with Crippen molar-refractivity contribution in [3.63, 3.8) is 0 Å². The lowest BCUT2D eigenvalue weighted by molar-refractivity contribution is -0.118. The van der Waals surface area contributed by atoms with Gasteiger partial charge in [0.25, 0.3) is 5.91 Å². The van der Waals surface area contributed by atoms with E-state index in [4.69, 9.17) is 16.3 Å². The molecule has 1 aromatic carbocycles. The van der Waals surface area contributed by atoms with Gasteiger partial charge in [0, 0.05) is 25.2 Å². The molecule has 1 fully saturated rings. The van der Waals surface area contributed by atoms with Crippen LogP contribution in [0.4, 0.5) is 11.4 Å². The van der Waals surface area contributed by atoms with Crippen molar-refractivity contribution in [3.8, 4) is 17.0 Å². The van der Waals surface area contributed by atoms with Crippen LogP contribution < -0.4 is 15.0 Å².